The highest BCUT2D eigenvalue weighted by atomic mass is 16.4. The minimum atomic E-state index is -0.864. The molecule has 1 aromatic carbocycles. The molecule has 0 saturated heterocycles. The van der Waals surface area contributed by atoms with E-state index in [-0.39, 0.29) is 0 Å². The number of fused-ring (bicyclic) bond motifs is 1. The van der Waals surface area contributed by atoms with Gasteiger partial charge in [-0.05, 0) is 37.5 Å². The summed E-state index contributed by atoms with van der Waals surface area (Å²) in [5.74, 6) is -0.864. The summed E-state index contributed by atoms with van der Waals surface area (Å²) in [6.07, 6.45) is 3.63. The second-order valence-corrected chi connectivity index (χ2v) is 4.74. The summed E-state index contributed by atoms with van der Waals surface area (Å²) in [5, 5.41) is 12.3. The van der Waals surface area contributed by atoms with Crippen LogP contribution in [-0.2, 0) is 0 Å². The van der Waals surface area contributed by atoms with E-state index in [0.29, 0.717) is 11.6 Å². The largest absolute Gasteiger partial charge is 0.478 e. The highest BCUT2D eigenvalue weighted by molar-refractivity contribution is 5.91. The highest BCUT2D eigenvalue weighted by Gasteiger charge is 2.31. The Bertz CT molecular complexity index is 455. The van der Waals surface area contributed by atoms with Crippen molar-refractivity contribution in [2.24, 2.45) is 0 Å². The Hall–Kier alpha value is -1.71. The molecule has 2 aliphatic rings. The quantitative estimate of drug-likeness (QED) is 0.820. The molecule has 0 radical (unpaired) electrons. The Kier molecular flexibility index (Phi) is 2.42. The van der Waals surface area contributed by atoms with E-state index >= 15 is 0 Å². The van der Waals surface area contributed by atoms with E-state index in [4.69, 9.17) is 5.11 Å². The van der Waals surface area contributed by atoms with Gasteiger partial charge in [-0.2, -0.15) is 0 Å². The predicted molar refractivity (Wildman–Crippen MR) is 66.9 cm³/mol. The van der Waals surface area contributed by atoms with Crippen LogP contribution in [0, 0.1) is 0 Å². The number of rotatable bonds is 2. The van der Waals surface area contributed by atoms with Crippen molar-refractivity contribution in [2.75, 3.05) is 23.3 Å². The predicted octanol–water partition coefficient (Wildman–Crippen LogP) is 2.17. The van der Waals surface area contributed by atoms with Crippen LogP contribution in [0.5, 0.6) is 0 Å². The third-order valence-electron chi connectivity index (χ3n) is 3.43. The summed E-state index contributed by atoms with van der Waals surface area (Å²) in [7, 11) is 0. The molecule has 0 amide bonds. The first-order valence-corrected chi connectivity index (χ1v) is 6.13. The Labute approximate surface area is 100 Å². The lowest BCUT2D eigenvalue weighted by Gasteiger charge is -2.24. The van der Waals surface area contributed by atoms with Gasteiger partial charge in [0.25, 0.3) is 0 Å². The first kappa shape index (κ1) is 10.4. The monoisotopic (exact) mass is 232 g/mol. The van der Waals surface area contributed by atoms with Crippen LogP contribution in [0.25, 0.3) is 0 Å². The summed E-state index contributed by atoms with van der Waals surface area (Å²) < 4.78 is 0. The highest BCUT2D eigenvalue weighted by Crippen LogP contribution is 2.37. The summed E-state index contributed by atoms with van der Waals surface area (Å²) in [5.41, 5.74) is 2.48. The van der Waals surface area contributed by atoms with Gasteiger partial charge in [0, 0.05) is 19.1 Å². The first-order valence-electron chi connectivity index (χ1n) is 6.13. The molecule has 0 bridgehead atoms. The molecular formula is C13H16N2O2. The fourth-order valence-corrected chi connectivity index (χ4v) is 2.42. The molecule has 2 N–H and O–H groups in total. The van der Waals surface area contributed by atoms with Gasteiger partial charge in [-0.25, -0.2) is 4.79 Å². The number of carbonyl (C=O) groups is 1. The minimum Gasteiger partial charge on any atom is -0.478 e. The van der Waals surface area contributed by atoms with Crippen molar-refractivity contribution in [3.8, 4) is 0 Å². The Balaban J connectivity index is 1.99. The van der Waals surface area contributed by atoms with Crippen LogP contribution < -0.4 is 10.2 Å². The molecule has 1 aliphatic heterocycles. The Morgan fingerprint density at radius 3 is 2.94 bits per heavy atom. The SMILES string of the molecule is O=C(O)c1ccc2c(c1)NCCCN2C1CC1. The maximum atomic E-state index is 11.0. The fourth-order valence-electron chi connectivity index (χ4n) is 2.42. The Morgan fingerprint density at radius 2 is 2.24 bits per heavy atom. The van der Waals surface area contributed by atoms with Crippen LogP contribution >= 0.6 is 0 Å². The molecule has 0 aromatic heterocycles. The number of hydrogen-bond donors (Lipinski definition) is 2. The van der Waals surface area contributed by atoms with Crippen LogP contribution in [0.2, 0.25) is 0 Å². The molecular weight excluding hydrogens is 216 g/mol. The van der Waals surface area contributed by atoms with Crippen molar-refractivity contribution < 1.29 is 9.90 Å². The zero-order valence-corrected chi connectivity index (χ0v) is 9.65. The van der Waals surface area contributed by atoms with E-state index in [1.807, 2.05) is 6.07 Å². The second-order valence-electron chi connectivity index (χ2n) is 4.74. The smallest absolute Gasteiger partial charge is 0.335 e. The minimum absolute atomic E-state index is 0.355. The number of nitrogens with zero attached hydrogens (tertiary/aromatic N) is 1. The molecule has 4 nitrogen and oxygen atoms in total. The molecule has 1 fully saturated rings. The molecule has 1 aromatic rings. The number of nitrogens with one attached hydrogen (secondary N) is 1. The van der Waals surface area contributed by atoms with Crippen LogP contribution in [0.4, 0.5) is 11.4 Å². The van der Waals surface area contributed by atoms with Gasteiger partial charge in [-0.1, -0.05) is 0 Å². The van der Waals surface area contributed by atoms with Gasteiger partial charge in [0.05, 0.1) is 16.9 Å². The maximum Gasteiger partial charge on any atom is 0.335 e. The number of anilines is 2. The molecule has 0 unspecified atom stereocenters. The normalized spacial score (nSPS) is 19.2. The van der Waals surface area contributed by atoms with E-state index < -0.39 is 5.97 Å². The second kappa shape index (κ2) is 3.95. The summed E-state index contributed by atoms with van der Waals surface area (Å²) in [6, 6.07) is 6.06. The van der Waals surface area contributed by atoms with Crippen LogP contribution in [0.15, 0.2) is 18.2 Å². The molecule has 17 heavy (non-hydrogen) atoms. The average molecular weight is 232 g/mol. The molecule has 3 rings (SSSR count). The summed E-state index contributed by atoms with van der Waals surface area (Å²) in [4.78, 5) is 13.4. The van der Waals surface area contributed by atoms with Crippen molar-refractivity contribution in [1.29, 1.82) is 0 Å². The zero-order valence-electron chi connectivity index (χ0n) is 9.65. The van der Waals surface area contributed by atoms with Crippen molar-refractivity contribution in [3.63, 3.8) is 0 Å². The lowest BCUT2D eigenvalue weighted by atomic mass is 10.1. The third-order valence-corrected chi connectivity index (χ3v) is 3.43. The van der Waals surface area contributed by atoms with E-state index in [1.54, 1.807) is 12.1 Å². The van der Waals surface area contributed by atoms with Gasteiger partial charge in [0.15, 0.2) is 0 Å². The van der Waals surface area contributed by atoms with Crippen LogP contribution in [0.3, 0.4) is 0 Å². The number of benzene rings is 1. The van der Waals surface area contributed by atoms with Crippen molar-refractivity contribution >= 4 is 17.3 Å². The number of carboxylic acids is 1. The molecule has 90 valence electrons. The lowest BCUT2D eigenvalue weighted by molar-refractivity contribution is 0.0697. The molecule has 4 heteroatoms. The number of hydrogen-bond acceptors (Lipinski definition) is 3. The van der Waals surface area contributed by atoms with E-state index in [0.717, 1.165) is 30.9 Å². The molecule has 1 aliphatic carbocycles. The lowest BCUT2D eigenvalue weighted by Crippen LogP contribution is -2.26. The Morgan fingerprint density at radius 1 is 1.41 bits per heavy atom. The average Bonchev–Trinajstić information content (AvgIpc) is 3.13. The maximum absolute atomic E-state index is 11.0. The van der Waals surface area contributed by atoms with Gasteiger partial charge in [-0.3, -0.25) is 0 Å². The standard InChI is InChI=1S/C13H16N2O2/c16-13(17)9-2-5-12-11(8-9)14-6-1-7-15(12)10-3-4-10/h2,5,8,10,14H,1,3-4,6-7H2,(H,16,17). The van der Waals surface area contributed by atoms with E-state index in [2.05, 4.69) is 10.2 Å². The van der Waals surface area contributed by atoms with Crippen molar-refractivity contribution in [3.05, 3.63) is 23.8 Å². The van der Waals surface area contributed by atoms with Gasteiger partial charge >= 0.3 is 5.97 Å². The molecule has 1 heterocycles. The summed E-state index contributed by atoms with van der Waals surface area (Å²) in [6.45, 7) is 1.98. The molecule has 0 spiro atoms. The molecule has 1 saturated carbocycles. The first-order chi connectivity index (χ1) is 8.25. The third kappa shape index (κ3) is 1.95. The van der Waals surface area contributed by atoms with Crippen molar-refractivity contribution in [1.82, 2.24) is 0 Å². The molecule has 0 atom stereocenters. The van der Waals surface area contributed by atoms with Crippen LogP contribution in [-0.4, -0.2) is 30.2 Å². The van der Waals surface area contributed by atoms with Gasteiger partial charge in [0.2, 0.25) is 0 Å². The number of carboxylic acid groups (broad SMARTS) is 1. The van der Waals surface area contributed by atoms with Gasteiger partial charge in [0.1, 0.15) is 0 Å². The van der Waals surface area contributed by atoms with Crippen molar-refractivity contribution in [2.45, 2.75) is 25.3 Å². The van der Waals surface area contributed by atoms with Crippen LogP contribution in [0.1, 0.15) is 29.6 Å². The topological polar surface area (TPSA) is 52.6 Å². The number of aromatic carboxylic acids is 1. The van der Waals surface area contributed by atoms with E-state index in [9.17, 15) is 4.79 Å². The zero-order chi connectivity index (χ0) is 11.8. The summed E-state index contributed by atoms with van der Waals surface area (Å²) >= 11 is 0. The van der Waals surface area contributed by atoms with Gasteiger partial charge < -0.3 is 15.3 Å². The van der Waals surface area contributed by atoms with Gasteiger partial charge in [-0.15, -0.1) is 0 Å². The van der Waals surface area contributed by atoms with E-state index in [1.165, 1.54) is 12.8 Å². The fraction of sp³-hybridized carbons (Fsp3) is 0.462.